The Hall–Kier alpha value is -1.82. The monoisotopic (exact) mass is 387 g/mol. The van der Waals surface area contributed by atoms with Crippen LogP contribution in [0.2, 0.25) is 0 Å². The van der Waals surface area contributed by atoms with Crippen LogP contribution < -0.4 is 11.3 Å². The lowest BCUT2D eigenvalue weighted by molar-refractivity contribution is -0.173. The molecule has 0 spiro atoms. The van der Waals surface area contributed by atoms with E-state index < -0.39 is 37.4 Å². The van der Waals surface area contributed by atoms with Crippen molar-refractivity contribution in [2.45, 2.75) is 37.4 Å². The maximum Gasteiger partial charge on any atom is 0.472 e. The van der Waals surface area contributed by atoms with Crippen molar-refractivity contribution < 1.29 is 28.0 Å². The first kappa shape index (κ1) is 17.6. The first-order valence-corrected chi connectivity index (χ1v) is 9.38. The number of aromatic nitrogens is 4. The number of nitrogens with zero attached hydrogens (tertiary/aromatic N) is 3. The van der Waals surface area contributed by atoms with Gasteiger partial charge in [0.05, 0.1) is 12.9 Å². The Morgan fingerprint density at radius 2 is 2.38 bits per heavy atom. The van der Waals surface area contributed by atoms with Crippen molar-refractivity contribution >= 4 is 24.9 Å². The average Bonchev–Trinajstić information content (AvgIpc) is 3.25. The summed E-state index contributed by atoms with van der Waals surface area (Å²) in [4.78, 5) is 32.2. The lowest BCUT2D eigenvalue weighted by Gasteiger charge is -2.30. The number of imidazole rings is 1. The molecule has 2 aliphatic heterocycles. The van der Waals surface area contributed by atoms with E-state index in [0.29, 0.717) is 6.42 Å². The number of hydrogen-bond donors (Lipinski definition) is 3. The van der Waals surface area contributed by atoms with Gasteiger partial charge in [-0.2, -0.15) is 4.98 Å². The predicted octanol–water partition coefficient (Wildman–Crippen LogP) is -0.0898. The summed E-state index contributed by atoms with van der Waals surface area (Å²) in [5.41, 5.74) is 4.52. The molecule has 4 N–H and O–H groups in total. The molecule has 2 bridgehead atoms. The Morgan fingerprint density at radius 3 is 3.08 bits per heavy atom. The number of fused-ring (bicyclic) bond motifs is 3. The van der Waals surface area contributed by atoms with E-state index in [1.165, 1.54) is 10.9 Å². The highest BCUT2D eigenvalue weighted by atomic mass is 31.2. The standard InChI is InChI=1S/C13H18N5O7P/c1-3-13-4-23-7(8(13)25-26(20,21)22-2)11(24-13)18-5-15-6-9(18)16-12(14)17-10(6)19/h5,7-8,11H,3-4H2,1-2H3,(H,20,21)(H3,14,16,17,19)/t7?,8?,11-,13+/m1/s1. The number of nitrogen functional groups attached to an aromatic ring is 1. The zero-order valence-electron chi connectivity index (χ0n) is 14.0. The summed E-state index contributed by atoms with van der Waals surface area (Å²) < 4.78 is 35.1. The summed E-state index contributed by atoms with van der Waals surface area (Å²) in [7, 11) is -3.17. The molecule has 2 aromatic rings. The van der Waals surface area contributed by atoms with E-state index in [1.54, 1.807) is 0 Å². The molecule has 0 aliphatic carbocycles. The second kappa shape index (κ2) is 5.84. The van der Waals surface area contributed by atoms with Gasteiger partial charge in [0.1, 0.15) is 17.8 Å². The van der Waals surface area contributed by atoms with E-state index in [4.69, 9.17) is 19.7 Å². The number of rotatable bonds is 5. The maximum atomic E-state index is 12.0. The van der Waals surface area contributed by atoms with Gasteiger partial charge in [0, 0.05) is 7.11 Å². The third-order valence-electron chi connectivity index (χ3n) is 4.77. The highest BCUT2D eigenvalue weighted by molar-refractivity contribution is 7.47. The fourth-order valence-electron chi connectivity index (χ4n) is 3.42. The topological polar surface area (TPSA) is 164 Å². The molecular weight excluding hydrogens is 369 g/mol. The van der Waals surface area contributed by atoms with Gasteiger partial charge in [0.25, 0.3) is 5.56 Å². The van der Waals surface area contributed by atoms with Crippen LogP contribution >= 0.6 is 7.82 Å². The van der Waals surface area contributed by atoms with Crippen molar-refractivity contribution in [1.82, 2.24) is 19.5 Å². The van der Waals surface area contributed by atoms with Crippen molar-refractivity contribution in [2.75, 3.05) is 19.5 Å². The van der Waals surface area contributed by atoms with Gasteiger partial charge in [-0.05, 0) is 6.42 Å². The SMILES string of the molecule is CC[C@]12COC(C1OP(=O)(O)OC)[C@H](n1cnc3c(=O)[nH]c(N)nc31)O2. The molecule has 12 nitrogen and oxygen atoms in total. The summed E-state index contributed by atoms with van der Waals surface area (Å²) in [6.45, 7) is 2.05. The minimum Gasteiger partial charge on any atom is -0.369 e. The fourth-order valence-corrected chi connectivity index (χ4v) is 4.11. The Labute approximate surface area is 146 Å². The summed E-state index contributed by atoms with van der Waals surface area (Å²) in [5.74, 6) is -0.0643. The molecular formula is C13H18N5O7P. The van der Waals surface area contributed by atoms with Crippen molar-refractivity contribution in [3.8, 4) is 0 Å². The molecule has 0 saturated carbocycles. The van der Waals surface area contributed by atoms with Gasteiger partial charge in [-0.25, -0.2) is 9.55 Å². The Bertz CT molecular complexity index is 960. The van der Waals surface area contributed by atoms with E-state index in [1.807, 2.05) is 6.92 Å². The van der Waals surface area contributed by atoms with Gasteiger partial charge in [-0.15, -0.1) is 0 Å². The highest BCUT2D eigenvalue weighted by Gasteiger charge is 2.63. The molecule has 4 heterocycles. The molecule has 13 heteroatoms. The van der Waals surface area contributed by atoms with E-state index in [0.717, 1.165) is 7.11 Å². The number of phosphoric acid groups is 1. The zero-order chi connectivity index (χ0) is 18.7. The van der Waals surface area contributed by atoms with E-state index in [-0.39, 0.29) is 23.7 Å². The molecule has 2 aromatic heterocycles. The summed E-state index contributed by atoms with van der Waals surface area (Å²) in [6.07, 6.45) is -0.465. The third kappa shape index (κ3) is 2.49. The highest BCUT2D eigenvalue weighted by Crippen LogP contribution is 2.55. The number of nitrogens with two attached hydrogens (primary N) is 1. The summed E-state index contributed by atoms with van der Waals surface area (Å²) in [6, 6.07) is 0. The minimum absolute atomic E-state index is 0.0643. The number of H-pyrrole nitrogens is 1. The molecule has 0 amide bonds. The molecule has 0 radical (unpaired) electrons. The van der Waals surface area contributed by atoms with Gasteiger partial charge in [0.15, 0.2) is 17.4 Å². The molecule has 2 fully saturated rings. The summed E-state index contributed by atoms with van der Waals surface area (Å²) in [5, 5.41) is 0. The second-order valence-corrected chi connectivity index (χ2v) is 7.67. The second-order valence-electron chi connectivity index (χ2n) is 6.15. The first-order valence-electron chi connectivity index (χ1n) is 7.89. The number of nitrogens with one attached hydrogen (secondary N) is 1. The Kier molecular flexibility index (Phi) is 3.95. The lowest BCUT2D eigenvalue weighted by Crippen LogP contribution is -2.40. The van der Waals surface area contributed by atoms with Gasteiger partial charge in [-0.3, -0.25) is 23.4 Å². The molecule has 142 valence electrons. The van der Waals surface area contributed by atoms with E-state index in [9.17, 15) is 14.3 Å². The normalized spacial score (nSPS) is 33.0. The number of phosphoric ester groups is 1. The molecule has 5 atom stereocenters. The average molecular weight is 387 g/mol. The van der Waals surface area contributed by atoms with Crippen molar-refractivity contribution in [1.29, 1.82) is 0 Å². The van der Waals surface area contributed by atoms with Crippen molar-refractivity contribution in [2.24, 2.45) is 0 Å². The molecule has 2 aliphatic rings. The van der Waals surface area contributed by atoms with Gasteiger partial charge in [0.2, 0.25) is 5.95 Å². The fraction of sp³-hybridized carbons (Fsp3) is 0.615. The lowest BCUT2D eigenvalue weighted by atomic mass is 9.96. The van der Waals surface area contributed by atoms with Crippen LogP contribution in [0.15, 0.2) is 11.1 Å². The minimum atomic E-state index is -4.26. The van der Waals surface area contributed by atoms with Gasteiger partial charge in [-0.1, -0.05) is 6.92 Å². The van der Waals surface area contributed by atoms with Crippen LogP contribution in [-0.2, 0) is 23.1 Å². The Balaban J connectivity index is 1.76. The van der Waals surface area contributed by atoms with Crippen LogP contribution in [0, 0.1) is 0 Å². The number of ether oxygens (including phenoxy) is 2. The molecule has 26 heavy (non-hydrogen) atoms. The predicted molar refractivity (Wildman–Crippen MR) is 87.2 cm³/mol. The molecule has 2 saturated heterocycles. The van der Waals surface area contributed by atoms with Gasteiger partial charge >= 0.3 is 7.82 Å². The molecule has 3 unspecified atom stereocenters. The van der Waals surface area contributed by atoms with Crippen LogP contribution in [-0.4, -0.2) is 55.9 Å². The zero-order valence-corrected chi connectivity index (χ0v) is 14.9. The van der Waals surface area contributed by atoms with Crippen LogP contribution in [0.3, 0.4) is 0 Å². The van der Waals surface area contributed by atoms with Crippen LogP contribution in [0.4, 0.5) is 5.95 Å². The first-order chi connectivity index (χ1) is 12.3. The Morgan fingerprint density at radius 1 is 1.62 bits per heavy atom. The number of hydrogen-bond acceptors (Lipinski definition) is 9. The summed E-state index contributed by atoms with van der Waals surface area (Å²) >= 11 is 0. The van der Waals surface area contributed by atoms with Crippen LogP contribution in [0.25, 0.3) is 11.2 Å². The maximum absolute atomic E-state index is 12.0. The molecule has 4 rings (SSSR count). The largest absolute Gasteiger partial charge is 0.472 e. The van der Waals surface area contributed by atoms with Crippen molar-refractivity contribution in [3.63, 3.8) is 0 Å². The van der Waals surface area contributed by atoms with Crippen LogP contribution in [0.1, 0.15) is 19.6 Å². The van der Waals surface area contributed by atoms with Gasteiger partial charge < -0.3 is 20.1 Å². The third-order valence-corrected chi connectivity index (χ3v) is 5.73. The van der Waals surface area contributed by atoms with E-state index in [2.05, 4.69) is 19.5 Å². The smallest absolute Gasteiger partial charge is 0.369 e. The quantitative estimate of drug-likeness (QED) is 0.591. The number of anilines is 1. The number of aromatic amines is 1. The van der Waals surface area contributed by atoms with Crippen LogP contribution in [0.5, 0.6) is 0 Å². The van der Waals surface area contributed by atoms with Crippen molar-refractivity contribution in [3.05, 3.63) is 16.7 Å². The van der Waals surface area contributed by atoms with E-state index >= 15 is 0 Å². The molecule has 0 aromatic carbocycles.